The van der Waals surface area contributed by atoms with Crippen LogP contribution < -0.4 is 4.90 Å². The molecule has 0 bridgehead atoms. The number of nitrogens with zero attached hydrogens (tertiary/aromatic N) is 3. The van der Waals surface area contributed by atoms with Crippen LogP contribution >= 0.6 is 11.8 Å². The molecule has 7 nitrogen and oxygen atoms in total. The lowest BCUT2D eigenvalue weighted by atomic mass is 9.78. The molecule has 1 aromatic rings. The van der Waals surface area contributed by atoms with Crippen molar-refractivity contribution in [2.45, 2.75) is 48.9 Å². The van der Waals surface area contributed by atoms with Crippen molar-refractivity contribution in [1.29, 1.82) is 0 Å². The van der Waals surface area contributed by atoms with Crippen LogP contribution in [-0.4, -0.2) is 80.4 Å². The molecule has 2 fully saturated rings. The summed E-state index contributed by atoms with van der Waals surface area (Å²) < 4.78 is -0.851. The number of aliphatic hydroxyl groups is 1. The van der Waals surface area contributed by atoms with Gasteiger partial charge in [-0.1, -0.05) is 42.5 Å². The molecule has 2 saturated heterocycles. The van der Waals surface area contributed by atoms with Crippen LogP contribution in [0.3, 0.4) is 0 Å². The molecule has 5 rings (SSSR count). The van der Waals surface area contributed by atoms with Crippen LogP contribution in [0.25, 0.3) is 0 Å². The molecule has 1 unspecified atom stereocenters. The molecule has 0 radical (unpaired) electrons. The highest BCUT2D eigenvalue weighted by atomic mass is 32.2. The van der Waals surface area contributed by atoms with Crippen molar-refractivity contribution in [2.24, 2.45) is 11.8 Å². The number of aliphatic hydroxyl groups excluding tert-OH is 1. The standard InChI is InChI=1S/C26H31N3O4S/c1-16(2)27-14-8-12-26-21(24(32)29(17(3)15-30)22(26)25(27)33)20-19(34-26)11-7-13-28(23(20)31)18-9-5-4-6-10-18/h4-12,16-17,19-22,30H,13-15H2,1-3H3/t17-,19-,20+,21+,22?,26+/m1/s1. The smallest absolute Gasteiger partial charge is 0.247 e. The van der Waals surface area contributed by atoms with Gasteiger partial charge in [0.2, 0.25) is 17.7 Å². The average Bonchev–Trinajstić information content (AvgIpc) is 3.14. The van der Waals surface area contributed by atoms with Crippen LogP contribution in [0.2, 0.25) is 0 Å². The number of benzene rings is 1. The average molecular weight is 482 g/mol. The van der Waals surface area contributed by atoms with E-state index in [1.165, 1.54) is 0 Å². The predicted molar refractivity (Wildman–Crippen MR) is 132 cm³/mol. The van der Waals surface area contributed by atoms with Crippen molar-refractivity contribution in [3.63, 3.8) is 0 Å². The van der Waals surface area contributed by atoms with E-state index < -0.39 is 28.7 Å². The van der Waals surface area contributed by atoms with Crippen molar-refractivity contribution < 1.29 is 19.5 Å². The van der Waals surface area contributed by atoms with Crippen molar-refractivity contribution in [1.82, 2.24) is 9.80 Å². The molecule has 8 heteroatoms. The number of hydrogen-bond acceptors (Lipinski definition) is 5. The molecular formula is C26H31N3O4S. The van der Waals surface area contributed by atoms with Gasteiger partial charge >= 0.3 is 0 Å². The first-order valence-electron chi connectivity index (χ1n) is 11.9. The van der Waals surface area contributed by atoms with E-state index in [9.17, 15) is 19.5 Å². The lowest BCUT2D eigenvalue weighted by molar-refractivity contribution is -0.146. The summed E-state index contributed by atoms with van der Waals surface area (Å²) in [5.74, 6) is -1.68. The molecule has 1 N–H and O–H groups in total. The Morgan fingerprint density at radius 3 is 2.44 bits per heavy atom. The monoisotopic (exact) mass is 481 g/mol. The number of likely N-dealkylation sites (tertiary alicyclic amines) is 1. The Morgan fingerprint density at radius 1 is 1.03 bits per heavy atom. The molecule has 180 valence electrons. The van der Waals surface area contributed by atoms with Gasteiger partial charge in [-0.25, -0.2) is 0 Å². The SMILES string of the molecule is CC(C)N1CC=C[C@]23S[C@@H]4C=CCN(c5ccccc5)C(=O)[C@@H]4[C@H]2C(=O)N([C@H](C)CO)C3C1=O. The third-order valence-electron chi connectivity index (χ3n) is 7.56. The maximum absolute atomic E-state index is 14.0. The second-order valence-electron chi connectivity index (χ2n) is 9.82. The lowest BCUT2D eigenvalue weighted by Crippen LogP contribution is -2.57. The summed E-state index contributed by atoms with van der Waals surface area (Å²) >= 11 is 1.56. The molecule has 1 spiro atoms. The van der Waals surface area contributed by atoms with E-state index in [-0.39, 0.29) is 35.6 Å². The fourth-order valence-electron chi connectivity index (χ4n) is 5.96. The second kappa shape index (κ2) is 8.57. The van der Waals surface area contributed by atoms with Crippen LogP contribution in [-0.2, 0) is 14.4 Å². The maximum atomic E-state index is 14.0. The van der Waals surface area contributed by atoms with Gasteiger partial charge in [-0.15, -0.1) is 11.8 Å². The van der Waals surface area contributed by atoms with Crippen molar-refractivity contribution >= 4 is 35.2 Å². The van der Waals surface area contributed by atoms with Gasteiger partial charge in [-0.05, 0) is 32.9 Å². The van der Waals surface area contributed by atoms with Gasteiger partial charge in [0, 0.05) is 30.1 Å². The van der Waals surface area contributed by atoms with E-state index in [4.69, 9.17) is 0 Å². The first-order valence-corrected chi connectivity index (χ1v) is 12.8. The fourth-order valence-corrected chi connectivity index (χ4v) is 7.95. The molecule has 4 aliphatic heterocycles. The van der Waals surface area contributed by atoms with E-state index in [1.807, 2.05) is 68.5 Å². The molecular weight excluding hydrogens is 450 g/mol. The predicted octanol–water partition coefficient (Wildman–Crippen LogP) is 2.07. The Labute approximate surface area is 204 Å². The molecule has 4 aliphatic rings. The van der Waals surface area contributed by atoms with Crippen LogP contribution in [0.4, 0.5) is 5.69 Å². The highest BCUT2D eigenvalue weighted by Gasteiger charge is 2.71. The van der Waals surface area contributed by atoms with Gasteiger partial charge in [0.1, 0.15) is 6.04 Å². The quantitative estimate of drug-likeness (QED) is 0.666. The minimum atomic E-state index is -0.851. The minimum Gasteiger partial charge on any atom is -0.394 e. The molecule has 4 heterocycles. The number of amides is 3. The second-order valence-corrected chi connectivity index (χ2v) is 11.3. The zero-order valence-electron chi connectivity index (χ0n) is 19.7. The van der Waals surface area contributed by atoms with E-state index in [0.717, 1.165) is 5.69 Å². The summed E-state index contributed by atoms with van der Waals surface area (Å²) in [7, 11) is 0. The summed E-state index contributed by atoms with van der Waals surface area (Å²) in [5.41, 5.74) is 0.796. The summed E-state index contributed by atoms with van der Waals surface area (Å²) in [6.45, 7) is 6.36. The van der Waals surface area contributed by atoms with Gasteiger partial charge < -0.3 is 19.8 Å². The Balaban J connectivity index is 1.63. The van der Waals surface area contributed by atoms with E-state index in [2.05, 4.69) is 0 Å². The van der Waals surface area contributed by atoms with Crippen LogP contribution in [0.1, 0.15) is 20.8 Å². The first kappa shape index (κ1) is 23.2. The zero-order chi connectivity index (χ0) is 24.2. The zero-order valence-corrected chi connectivity index (χ0v) is 20.5. The number of fused-ring (bicyclic) bond motifs is 2. The molecule has 0 aromatic heterocycles. The topological polar surface area (TPSA) is 81.2 Å². The van der Waals surface area contributed by atoms with Gasteiger partial charge in [-0.2, -0.15) is 0 Å². The van der Waals surface area contributed by atoms with Gasteiger partial charge in [0.15, 0.2) is 0 Å². The van der Waals surface area contributed by atoms with Gasteiger partial charge in [-0.3, -0.25) is 14.4 Å². The van der Waals surface area contributed by atoms with Crippen LogP contribution in [0.15, 0.2) is 54.6 Å². The number of para-hydroxylation sites is 1. The third kappa shape index (κ3) is 3.26. The largest absolute Gasteiger partial charge is 0.394 e. The van der Waals surface area contributed by atoms with Crippen LogP contribution in [0, 0.1) is 11.8 Å². The number of hydrogen-bond donors (Lipinski definition) is 1. The van der Waals surface area contributed by atoms with Crippen molar-refractivity contribution in [3.05, 3.63) is 54.6 Å². The summed E-state index contributed by atoms with van der Waals surface area (Å²) in [5, 5.41) is 9.78. The highest BCUT2D eigenvalue weighted by molar-refractivity contribution is 8.02. The Kier molecular flexibility index (Phi) is 5.84. The normalized spacial score (nSPS) is 33.7. The summed E-state index contributed by atoms with van der Waals surface area (Å²) in [4.78, 5) is 47.0. The van der Waals surface area contributed by atoms with E-state index >= 15 is 0 Å². The van der Waals surface area contributed by atoms with Gasteiger partial charge in [0.25, 0.3) is 0 Å². The molecule has 34 heavy (non-hydrogen) atoms. The molecule has 0 aliphatic carbocycles. The van der Waals surface area contributed by atoms with E-state index in [1.54, 1.807) is 33.4 Å². The molecule has 1 aromatic carbocycles. The summed E-state index contributed by atoms with van der Waals surface area (Å²) in [6, 6.07) is 8.20. The Morgan fingerprint density at radius 2 is 1.76 bits per heavy atom. The van der Waals surface area contributed by atoms with E-state index in [0.29, 0.717) is 13.1 Å². The highest BCUT2D eigenvalue weighted by Crippen LogP contribution is 2.61. The number of carbonyl (C=O) groups is 3. The first-order chi connectivity index (χ1) is 16.3. The molecule has 6 atom stereocenters. The third-order valence-corrected chi connectivity index (χ3v) is 9.30. The Hall–Kier alpha value is -2.58. The van der Waals surface area contributed by atoms with Gasteiger partial charge in [0.05, 0.1) is 29.2 Å². The molecule has 3 amide bonds. The number of rotatable bonds is 4. The van der Waals surface area contributed by atoms with Crippen molar-refractivity contribution in [2.75, 3.05) is 24.6 Å². The number of anilines is 1. The lowest BCUT2D eigenvalue weighted by Gasteiger charge is -2.38. The number of thioether (sulfide) groups is 1. The summed E-state index contributed by atoms with van der Waals surface area (Å²) in [6.07, 6.45) is 8.03. The maximum Gasteiger partial charge on any atom is 0.247 e. The molecule has 0 saturated carbocycles. The minimum absolute atomic E-state index is 0.0280. The number of carbonyl (C=O) groups excluding carboxylic acids is 3. The Bertz CT molecular complexity index is 1060. The van der Waals surface area contributed by atoms with Crippen LogP contribution in [0.5, 0.6) is 0 Å². The fraction of sp³-hybridized carbons (Fsp3) is 0.500. The van der Waals surface area contributed by atoms with Crippen molar-refractivity contribution in [3.8, 4) is 0 Å².